The molecule has 5 nitrogen and oxygen atoms in total. The van der Waals surface area contributed by atoms with Crippen LogP contribution in [0.15, 0.2) is 41.5 Å². The number of hydrogen-bond donors (Lipinski definition) is 2. The molecule has 0 aliphatic heterocycles. The van der Waals surface area contributed by atoms with E-state index in [1.807, 2.05) is 6.07 Å². The Balaban J connectivity index is 2.16. The molecule has 0 heterocycles. The van der Waals surface area contributed by atoms with Gasteiger partial charge in [0.2, 0.25) is 0 Å². The van der Waals surface area contributed by atoms with Gasteiger partial charge in [-0.3, -0.25) is 10.2 Å². The molecule has 0 radical (unpaired) electrons. The Morgan fingerprint density at radius 2 is 2.04 bits per heavy atom. The van der Waals surface area contributed by atoms with Crippen LogP contribution in [-0.4, -0.2) is 29.7 Å². The van der Waals surface area contributed by atoms with E-state index in [1.54, 1.807) is 26.2 Å². The molecule has 0 aliphatic rings. The summed E-state index contributed by atoms with van der Waals surface area (Å²) in [5.74, 6) is -1.16. The number of aliphatic carboxylic acids is 1. The Bertz CT molecular complexity index is 828. The Kier molecular flexibility index (Phi) is 6.97. The number of ether oxygens (including phenoxy) is 1. The van der Waals surface area contributed by atoms with Gasteiger partial charge in [0.1, 0.15) is 11.6 Å². The summed E-state index contributed by atoms with van der Waals surface area (Å²) in [6.07, 6.45) is 0. The first kappa shape index (κ1) is 19.7. The van der Waals surface area contributed by atoms with E-state index in [1.165, 1.54) is 17.8 Å². The molecule has 2 aromatic rings. The highest BCUT2D eigenvalue weighted by Crippen LogP contribution is 2.25. The third-order valence-electron chi connectivity index (χ3n) is 3.46. The zero-order valence-electron chi connectivity index (χ0n) is 14.3. The minimum absolute atomic E-state index is 0.00808. The van der Waals surface area contributed by atoms with Gasteiger partial charge < -0.3 is 9.84 Å². The van der Waals surface area contributed by atoms with Gasteiger partial charge in [0.25, 0.3) is 0 Å². The predicted octanol–water partition coefficient (Wildman–Crippen LogP) is 4.13. The average molecular weight is 380 g/mol. The van der Waals surface area contributed by atoms with Crippen LogP contribution in [-0.2, 0) is 10.5 Å². The Morgan fingerprint density at radius 1 is 1.27 bits per heavy atom. The van der Waals surface area contributed by atoms with E-state index in [-0.39, 0.29) is 11.4 Å². The number of anilines is 1. The standard InChI is InChI=1S/C18H18F2N2O3S/c1-11(21-22-16-5-4-14(19)8-15(16)20)12-3-6-17(25-2)13(7-12)9-26-10-18(23)24/h3-8,22H,9-10H2,1-2H3,(H,23,24)/b21-11-. The molecule has 0 bridgehead atoms. The molecule has 138 valence electrons. The molecule has 2 N–H and O–H groups in total. The molecule has 0 aromatic heterocycles. The van der Waals surface area contributed by atoms with E-state index in [0.717, 1.165) is 23.3 Å². The first-order valence-corrected chi connectivity index (χ1v) is 8.78. The number of hydrazone groups is 1. The third-order valence-corrected chi connectivity index (χ3v) is 4.42. The van der Waals surface area contributed by atoms with E-state index in [0.29, 0.717) is 17.2 Å². The summed E-state index contributed by atoms with van der Waals surface area (Å²) in [6.45, 7) is 1.74. The zero-order valence-corrected chi connectivity index (χ0v) is 15.1. The molecule has 8 heteroatoms. The van der Waals surface area contributed by atoms with E-state index in [4.69, 9.17) is 9.84 Å². The van der Waals surface area contributed by atoms with Gasteiger partial charge in [-0.1, -0.05) is 0 Å². The van der Waals surface area contributed by atoms with Crippen molar-refractivity contribution in [1.82, 2.24) is 0 Å². The van der Waals surface area contributed by atoms with Gasteiger partial charge in [-0.25, -0.2) is 8.78 Å². The molecule has 0 fully saturated rings. The number of carboxylic acids is 1. The van der Waals surface area contributed by atoms with Crippen LogP contribution in [0.2, 0.25) is 0 Å². The second-order valence-corrected chi connectivity index (χ2v) is 6.33. The molecular formula is C18H18F2N2O3S. The van der Waals surface area contributed by atoms with Crippen LogP contribution in [0, 0.1) is 11.6 Å². The van der Waals surface area contributed by atoms with E-state index >= 15 is 0 Å². The molecule has 2 aromatic carbocycles. The summed E-state index contributed by atoms with van der Waals surface area (Å²) >= 11 is 1.26. The maximum atomic E-state index is 13.6. The summed E-state index contributed by atoms with van der Waals surface area (Å²) < 4.78 is 31.8. The highest BCUT2D eigenvalue weighted by molar-refractivity contribution is 7.99. The van der Waals surface area contributed by atoms with Gasteiger partial charge in [-0.15, -0.1) is 11.8 Å². The third kappa shape index (κ3) is 5.45. The first-order valence-electron chi connectivity index (χ1n) is 7.63. The SMILES string of the molecule is COc1ccc(/C(C)=N\Nc2ccc(F)cc2F)cc1CSCC(=O)O. The number of halogens is 2. The van der Waals surface area contributed by atoms with Gasteiger partial charge in [-0.05, 0) is 42.8 Å². The van der Waals surface area contributed by atoms with Crippen molar-refractivity contribution in [1.29, 1.82) is 0 Å². The second-order valence-electron chi connectivity index (χ2n) is 5.35. The zero-order chi connectivity index (χ0) is 19.1. The van der Waals surface area contributed by atoms with Crippen molar-refractivity contribution in [3.05, 3.63) is 59.2 Å². The topological polar surface area (TPSA) is 70.9 Å². The number of carbonyl (C=O) groups is 1. The Morgan fingerprint density at radius 3 is 2.69 bits per heavy atom. The molecule has 0 atom stereocenters. The fraction of sp³-hybridized carbons (Fsp3) is 0.222. The van der Waals surface area contributed by atoms with Crippen LogP contribution in [0.3, 0.4) is 0 Å². The maximum Gasteiger partial charge on any atom is 0.313 e. The van der Waals surface area contributed by atoms with Crippen molar-refractivity contribution < 1.29 is 23.4 Å². The van der Waals surface area contributed by atoms with Gasteiger partial charge >= 0.3 is 5.97 Å². The fourth-order valence-corrected chi connectivity index (χ4v) is 2.88. The van der Waals surface area contributed by atoms with Crippen LogP contribution in [0.1, 0.15) is 18.1 Å². The van der Waals surface area contributed by atoms with E-state index in [9.17, 15) is 13.6 Å². The van der Waals surface area contributed by atoms with Crippen LogP contribution in [0.5, 0.6) is 5.75 Å². The summed E-state index contributed by atoms with van der Waals surface area (Å²) in [7, 11) is 1.54. The highest BCUT2D eigenvalue weighted by Gasteiger charge is 2.09. The molecule has 0 amide bonds. The van der Waals surface area contributed by atoms with Gasteiger partial charge in [0.15, 0.2) is 5.82 Å². The normalized spacial score (nSPS) is 11.3. The fourth-order valence-electron chi connectivity index (χ4n) is 2.15. The van der Waals surface area contributed by atoms with Crippen molar-refractivity contribution >= 4 is 29.1 Å². The maximum absolute atomic E-state index is 13.6. The minimum Gasteiger partial charge on any atom is -0.496 e. The molecule has 0 aliphatic carbocycles. The number of hydrogen-bond acceptors (Lipinski definition) is 5. The number of rotatable bonds is 8. The van der Waals surface area contributed by atoms with E-state index in [2.05, 4.69) is 10.5 Å². The van der Waals surface area contributed by atoms with Crippen molar-refractivity contribution in [3.8, 4) is 5.75 Å². The number of benzene rings is 2. The minimum atomic E-state index is -0.881. The smallest absolute Gasteiger partial charge is 0.313 e. The summed E-state index contributed by atoms with van der Waals surface area (Å²) in [5, 5.41) is 12.9. The largest absolute Gasteiger partial charge is 0.496 e. The monoisotopic (exact) mass is 380 g/mol. The van der Waals surface area contributed by atoms with Crippen LogP contribution >= 0.6 is 11.8 Å². The second kappa shape index (κ2) is 9.19. The number of carboxylic acid groups (broad SMARTS) is 1. The van der Waals surface area contributed by atoms with Crippen molar-refractivity contribution in [2.45, 2.75) is 12.7 Å². The lowest BCUT2D eigenvalue weighted by molar-refractivity contribution is -0.133. The molecule has 0 unspecified atom stereocenters. The lowest BCUT2D eigenvalue weighted by Gasteiger charge is -2.11. The Labute approximate surface area is 154 Å². The summed E-state index contributed by atoms with van der Waals surface area (Å²) in [4.78, 5) is 10.7. The Hall–Kier alpha value is -2.61. The lowest BCUT2D eigenvalue weighted by atomic mass is 10.1. The quantitative estimate of drug-likeness (QED) is 0.532. The molecular weight excluding hydrogens is 362 g/mol. The predicted molar refractivity (Wildman–Crippen MR) is 99.0 cm³/mol. The average Bonchev–Trinajstić information content (AvgIpc) is 2.60. The van der Waals surface area contributed by atoms with Crippen molar-refractivity contribution in [2.75, 3.05) is 18.3 Å². The summed E-state index contributed by atoms with van der Waals surface area (Å²) in [5.41, 5.74) is 4.83. The molecule has 2 rings (SSSR count). The first-order chi connectivity index (χ1) is 12.4. The van der Waals surface area contributed by atoms with Gasteiger partial charge in [0, 0.05) is 17.4 Å². The molecule has 0 saturated heterocycles. The molecule has 0 saturated carbocycles. The van der Waals surface area contributed by atoms with Crippen molar-refractivity contribution in [3.63, 3.8) is 0 Å². The van der Waals surface area contributed by atoms with Crippen molar-refractivity contribution in [2.24, 2.45) is 5.10 Å². The van der Waals surface area contributed by atoms with Gasteiger partial charge in [0.05, 0.1) is 24.3 Å². The van der Waals surface area contributed by atoms with Crippen LogP contribution in [0.25, 0.3) is 0 Å². The summed E-state index contributed by atoms with van der Waals surface area (Å²) in [6, 6.07) is 8.59. The molecule has 0 spiro atoms. The van der Waals surface area contributed by atoms with E-state index < -0.39 is 17.6 Å². The number of nitrogens with one attached hydrogen (secondary N) is 1. The highest BCUT2D eigenvalue weighted by atomic mass is 32.2. The van der Waals surface area contributed by atoms with Gasteiger partial charge in [-0.2, -0.15) is 5.10 Å². The molecule has 26 heavy (non-hydrogen) atoms. The number of nitrogens with zero attached hydrogens (tertiary/aromatic N) is 1. The van der Waals surface area contributed by atoms with Crippen LogP contribution < -0.4 is 10.2 Å². The van der Waals surface area contributed by atoms with Crippen LogP contribution in [0.4, 0.5) is 14.5 Å². The number of methoxy groups -OCH3 is 1. The number of thioether (sulfide) groups is 1. The lowest BCUT2D eigenvalue weighted by Crippen LogP contribution is -2.03.